The molecule has 31 heavy (non-hydrogen) atoms. The first-order valence-electron chi connectivity index (χ1n) is 11.0. The van der Waals surface area contributed by atoms with Gasteiger partial charge in [0.25, 0.3) is 0 Å². The van der Waals surface area contributed by atoms with Gasteiger partial charge in [-0.25, -0.2) is 9.97 Å². The highest BCUT2D eigenvalue weighted by Gasteiger charge is 2.28. The minimum atomic E-state index is -0.965. The molecule has 3 aromatic rings. The summed E-state index contributed by atoms with van der Waals surface area (Å²) < 4.78 is 2.24. The molecule has 0 radical (unpaired) electrons. The van der Waals surface area contributed by atoms with Gasteiger partial charge < -0.3 is 20.0 Å². The molecule has 0 atom stereocenters. The molecule has 0 aromatic carbocycles. The van der Waals surface area contributed by atoms with E-state index in [0.29, 0.717) is 12.3 Å². The van der Waals surface area contributed by atoms with Gasteiger partial charge in [0.05, 0.1) is 29.8 Å². The van der Waals surface area contributed by atoms with E-state index in [0.717, 1.165) is 59.3 Å². The minimum Gasteiger partial charge on any atom is -0.389 e. The van der Waals surface area contributed by atoms with Crippen LogP contribution in [0.3, 0.4) is 0 Å². The van der Waals surface area contributed by atoms with Crippen molar-refractivity contribution in [3.05, 3.63) is 23.8 Å². The maximum Gasteiger partial charge on any atom is 0.227 e. The summed E-state index contributed by atoms with van der Waals surface area (Å²) in [6.45, 7) is 5.53. The van der Waals surface area contributed by atoms with Crippen LogP contribution in [0, 0.1) is 24.2 Å². The van der Waals surface area contributed by atoms with Crippen molar-refractivity contribution >= 4 is 28.0 Å². The number of fused-ring (bicyclic) bond motifs is 3. The van der Waals surface area contributed by atoms with Gasteiger partial charge in [-0.2, -0.15) is 5.26 Å². The van der Waals surface area contributed by atoms with Gasteiger partial charge >= 0.3 is 0 Å². The molecule has 8 nitrogen and oxygen atoms in total. The lowest BCUT2D eigenvalue weighted by atomic mass is 9.84. The van der Waals surface area contributed by atoms with Crippen molar-refractivity contribution < 1.29 is 9.90 Å². The lowest BCUT2D eigenvalue weighted by Gasteiger charge is -2.30. The SMILES string of the molecule is Cc1cc2c(ncc3nc(CC(=O)NCC(C)(C)O)n(C4CCC(CC#N)CC4)c32)[nH]1. The third-order valence-corrected chi connectivity index (χ3v) is 6.11. The lowest BCUT2D eigenvalue weighted by Crippen LogP contribution is -2.39. The highest BCUT2D eigenvalue weighted by Crippen LogP contribution is 2.38. The van der Waals surface area contributed by atoms with Crippen LogP contribution in [0.25, 0.3) is 22.1 Å². The molecule has 0 aliphatic heterocycles. The molecule has 1 aliphatic rings. The first-order valence-corrected chi connectivity index (χ1v) is 11.0. The minimum absolute atomic E-state index is 0.147. The fourth-order valence-corrected chi connectivity index (χ4v) is 4.61. The molecule has 3 heterocycles. The molecule has 1 saturated carbocycles. The molecule has 0 bridgehead atoms. The fourth-order valence-electron chi connectivity index (χ4n) is 4.61. The Morgan fingerprint density at radius 1 is 1.39 bits per heavy atom. The second kappa shape index (κ2) is 8.31. The summed E-state index contributed by atoms with van der Waals surface area (Å²) in [7, 11) is 0. The summed E-state index contributed by atoms with van der Waals surface area (Å²) in [5, 5.41) is 22.8. The van der Waals surface area contributed by atoms with Gasteiger partial charge in [-0.1, -0.05) is 0 Å². The Morgan fingerprint density at radius 3 is 2.81 bits per heavy atom. The molecule has 1 fully saturated rings. The Labute approximate surface area is 181 Å². The van der Waals surface area contributed by atoms with Crippen molar-refractivity contribution in [3.63, 3.8) is 0 Å². The number of carbonyl (C=O) groups is 1. The highest BCUT2D eigenvalue weighted by molar-refractivity contribution is 6.02. The number of hydrogen-bond acceptors (Lipinski definition) is 5. The van der Waals surface area contributed by atoms with Crippen molar-refractivity contribution in [1.82, 2.24) is 24.8 Å². The number of nitrogens with one attached hydrogen (secondary N) is 2. The standard InChI is InChI=1S/C23H30N6O2/c1-14-10-17-21-18(12-25-22(17)27-14)28-19(11-20(30)26-13-23(2,3)31)29(21)16-6-4-15(5-7-16)8-9-24/h10,12,15-16,31H,4-8,11,13H2,1-3H3,(H,25,27)(H,26,30). The summed E-state index contributed by atoms with van der Waals surface area (Å²) in [6, 6.07) is 4.62. The summed E-state index contributed by atoms with van der Waals surface area (Å²) in [4.78, 5) is 25.2. The van der Waals surface area contributed by atoms with Gasteiger partial charge in [0.2, 0.25) is 5.91 Å². The molecule has 1 amide bonds. The molecule has 3 N–H and O–H groups in total. The Morgan fingerprint density at radius 2 is 2.13 bits per heavy atom. The predicted molar refractivity (Wildman–Crippen MR) is 118 cm³/mol. The van der Waals surface area contributed by atoms with Gasteiger partial charge in [0.15, 0.2) is 0 Å². The molecule has 3 aromatic heterocycles. The monoisotopic (exact) mass is 422 g/mol. The Kier molecular flexibility index (Phi) is 5.71. The smallest absolute Gasteiger partial charge is 0.227 e. The van der Waals surface area contributed by atoms with Gasteiger partial charge in [-0.05, 0) is 58.4 Å². The van der Waals surface area contributed by atoms with Crippen LogP contribution >= 0.6 is 0 Å². The van der Waals surface area contributed by atoms with E-state index in [2.05, 4.69) is 32.0 Å². The van der Waals surface area contributed by atoms with E-state index >= 15 is 0 Å². The third kappa shape index (κ3) is 4.57. The van der Waals surface area contributed by atoms with E-state index in [9.17, 15) is 9.90 Å². The number of rotatable bonds is 6. The number of aromatic amines is 1. The molecule has 164 valence electrons. The molecule has 0 saturated heterocycles. The van der Waals surface area contributed by atoms with Crippen LogP contribution in [0.15, 0.2) is 12.3 Å². The van der Waals surface area contributed by atoms with E-state index in [-0.39, 0.29) is 24.9 Å². The average Bonchev–Trinajstić information content (AvgIpc) is 3.26. The number of aryl methyl sites for hydroxylation is 1. The number of nitrogens with zero attached hydrogens (tertiary/aromatic N) is 4. The van der Waals surface area contributed by atoms with E-state index in [1.54, 1.807) is 20.0 Å². The zero-order valence-electron chi connectivity index (χ0n) is 18.4. The zero-order valence-corrected chi connectivity index (χ0v) is 18.4. The molecule has 4 rings (SSSR count). The first kappa shape index (κ1) is 21.3. The number of H-pyrrole nitrogens is 1. The summed E-state index contributed by atoms with van der Waals surface area (Å²) in [5.74, 6) is 1.01. The van der Waals surface area contributed by atoms with Crippen LogP contribution in [-0.2, 0) is 11.2 Å². The zero-order chi connectivity index (χ0) is 22.2. The van der Waals surface area contributed by atoms with Crippen LogP contribution in [0.2, 0.25) is 0 Å². The van der Waals surface area contributed by atoms with Crippen LogP contribution in [-0.4, -0.2) is 42.7 Å². The highest BCUT2D eigenvalue weighted by atomic mass is 16.3. The Hall–Kier alpha value is -2.92. The number of carbonyl (C=O) groups excluding carboxylic acids is 1. The number of imidazole rings is 1. The van der Waals surface area contributed by atoms with Crippen molar-refractivity contribution in [2.75, 3.05) is 6.54 Å². The normalized spacial score (nSPS) is 19.6. The Balaban J connectivity index is 1.71. The van der Waals surface area contributed by atoms with Crippen LogP contribution in [0.5, 0.6) is 0 Å². The molecule has 0 unspecified atom stereocenters. The van der Waals surface area contributed by atoms with Crippen molar-refractivity contribution in [2.45, 2.75) is 70.9 Å². The first-order chi connectivity index (χ1) is 14.7. The topological polar surface area (TPSA) is 120 Å². The van der Waals surface area contributed by atoms with Gasteiger partial charge in [-0.3, -0.25) is 4.79 Å². The van der Waals surface area contributed by atoms with Crippen molar-refractivity contribution in [2.24, 2.45) is 5.92 Å². The van der Waals surface area contributed by atoms with E-state index < -0.39 is 5.60 Å². The predicted octanol–water partition coefficient (Wildman–Crippen LogP) is 3.30. The lowest BCUT2D eigenvalue weighted by molar-refractivity contribution is -0.121. The maximum absolute atomic E-state index is 12.6. The number of aliphatic hydroxyl groups is 1. The van der Waals surface area contributed by atoms with Crippen molar-refractivity contribution in [3.8, 4) is 6.07 Å². The number of nitriles is 1. The number of aromatic nitrogens is 4. The molecule has 1 aliphatic carbocycles. The molecular weight excluding hydrogens is 392 g/mol. The van der Waals surface area contributed by atoms with Gasteiger partial charge in [-0.15, -0.1) is 0 Å². The quantitative estimate of drug-likeness (QED) is 0.563. The fraction of sp³-hybridized carbons (Fsp3) is 0.565. The van der Waals surface area contributed by atoms with Gasteiger partial charge in [0.1, 0.15) is 17.0 Å². The van der Waals surface area contributed by atoms with Crippen molar-refractivity contribution in [1.29, 1.82) is 5.26 Å². The number of hydrogen-bond donors (Lipinski definition) is 3. The number of pyridine rings is 1. The second-order valence-electron chi connectivity index (χ2n) is 9.41. The summed E-state index contributed by atoms with van der Waals surface area (Å²) in [5.41, 5.74) is 2.69. The molecule has 0 spiro atoms. The van der Waals surface area contributed by atoms with Crippen LogP contribution < -0.4 is 5.32 Å². The third-order valence-electron chi connectivity index (χ3n) is 6.11. The van der Waals surface area contributed by atoms with Crippen LogP contribution in [0.4, 0.5) is 0 Å². The number of amides is 1. The Bertz CT molecular complexity index is 1140. The molecular formula is C23H30N6O2. The maximum atomic E-state index is 12.6. The summed E-state index contributed by atoms with van der Waals surface area (Å²) >= 11 is 0. The average molecular weight is 423 g/mol. The van der Waals surface area contributed by atoms with E-state index in [1.807, 2.05) is 6.92 Å². The van der Waals surface area contributed by atoms with Gasteiger partial charge in [0, 0.05) is 30.1 Å². The van der Waals surface area contributed by atoms with Crippen LogP contribution in [0.1, 0.15) is 63.5 Å². The van der Waals surface area contributed by atoms with E-state index in [1.165, 1.54) is 0 Å². The molecule has 8 heteroatoms. The summed E-state index contributed by atoms with van der Waals surface area (Å²) in [6.07, 6.45) is 6.45. The largest absolute Gasteiger partial charge is 0.389 e. The van der Waals surface area contributed by atoms with E-state index in [4.69, 9.17) is 10.2 Å². The second-order valence-corrected chi connectivity index (χ2v) is 9.41.